The summed E-state index contributed by atoms with van der Waals surface area (Å²) in [7, 11) is -1.72. The van der Waals surface area contributed by atoms with Crippen LogP contribution in [0.5, 0.6) is 0 Å². The smallest absolute Gasteiger partial charge is 0.192 e. The van der Waals surface area contributed by atoms with Crippen molar-refractivity contribution in [3.05, 3.63) is 11.6 Å². The highest BCUT2D eigenvalue weighted by molar-refractivity contribution is 6.74. The maximum atomic E-state index is 10.5. The summed E-state index contributed by atoms with van der Waals surface area (Å²) in [5, 5.41) is 10.8. The molecule has 0 aromatic heterocycles. The van der Waals surface area contributed by atoms with Gasteiger partial charge >= 0.3 is 0 Å². The maximum absolute atomic E-state index is 10.5. The van der Waals surface area contributed by atoms with Crippen molar-refractivity contribution in [2.75, 3.05) is 0 Å². The van der Waals surface area contributed by atoms with Crippen molar-refractivity contribution in [3.63, 3.8) is 0 Å². The lowest BCUT2D eigenvalue weighted by molar-refractivity contribution is -0.0959. The third-order valence-electron chi connectivity index (χ3n) is 11.2. The number of fused-ring (bicyclic) bond motifs is 5. The van der Waals surface area contributed by atoms with E-state index < -0.39 is 8.32 Å². The van der Waals surface area contributed by atoms with Crippen LogP contribution in [0.4, 0.5) is 0 Å². The van der Waals surface area contributed by atoms with Crippen LogP contribution in [-0.4, -0.2) is 25.6 Å². The fourth-order valence-corrected chi connectivity index (χ4v) is 10.3. The summed E-state index contributed by atoms with van der Waals surface area (Å²) in [6.45, 7) is 21.6. The minimum absolute atomic E-state index is 0.160. The number of rotatable bonds is 3. The van der Waals surface area contributed by atoms with Crippen molar-refractivity contribution in [1.29, 1.82) is 0 Å². The van der Waals surface area contributed by atoms with Crippen LogP contribution < -0.4 is 0 Å². The van der Waals surface area contributed by atoms with E-state index in [9.17, 15) is 5.11 Å². The van der Waals surface area contributed by atoms with Gasteiger partial charge in [-0.2, -0.15) is 0 Å². The second kappa shape index (κ2) is 7.70. The first kappa shape index (κ1) is 24.0. The molecular weight excluding hydrogens is 396 g/mol. The van der Waals surface area contributed by atoms with Crippen LogP contribution in [0.25, 0.3) is 0 Å². The number of aliphatic hydroxyl groups is 1. The highest BCUT2D eigenvalue weighted by atomic mass is 28.4. The van der Waals surface area contributed by atoms with Crippen LogP contribution in [0.3, 0.4) is 0 Å². The van der Waals surface area contributed by atoms with Crippen LogP contribution in [0.15, 0.2) is 11.6 Å². The lowest BCUT2D eigenvalue weighted by Gasteiger charge is -2.61. The second-order valence-electron chi connectivity index (χ2n) is 14.0. The van der Waals surface area contributed by atoms with Crippen molar-refractivity contribution in [3.8, 4) is 0 Å². The summed E-state index contributed by atoms with van der Waals surface area (Å²) in [5.41, 5.74) is 2.42. The summed E-state index contributed by atoms with van der Waals surface area (Å²) in [5.74, 6) is 3.66. The molecule has 178 valence electrons. The number of hydrogen-bond acceptors (Lipinski definition) is 2. The van der Waals surface area contributed by atoms with E-state index in [2.05, 4.69) is 60.7 Å². The Balaban J connectivity index is 1.57. The van der Waals surface area contributed by atoms with Gasteiger partial charge in [0.25, 0.3) is 0 Å². The van der Waals surface area contributed by atoms with E-state index in [1.165, 1.54) is 38.5 Å². The molecule has 1 N–H and O–H groups in total. The zero-order valence-corrected chi connectivity index (χ0v) is 22.9. The van der Waals surface area contributed by atoms with Gasteiger partial charge in [0, 0.05) is 6.10 Å². The minimum Gasteiger partial charge on any atom is -0.414 e. The van der Waals surface area contributed by atoms with Crippen LogP contribution in [-0.2, 0) is 4.43 Å². The van der Waals surface area contributed by atoms with E-state index in [0.717, 1.165) is 30.1 Å². The Labute approximate surface area is 193 Å². The van der Waals surface area contributed by atoms with Gasteiger partial charge in [-0.05, 0) is 110 Å². The fraction of sp³-hybridized carbons (Fsp3) is 0.929. The van der Waals surface area contributed by atoms with Crippen molar-refractivity contribution in [2.45, 2.75) is 124 Å². The summed E-state index contributed by atoms with van der Waals surface area (Å²) in [6, 6.07) is 0. The van der Waals surface area contributed by atoms with Gasteiger partial charge in [0.1, 0.15) is 0 Å². The van der Waals surface area contributed by atoms with Crippen molar-refractivity contribution in [1.82, 2.24) is 0 Å². The fourth-order valence-electron chi connectivity index (χ4n) is 8.87. The average Bonchev–Trinajstić information content (AvgIpc) is 2.97. The third-order valence-corrected chi connectivity index (χ3v) is 15.8. The molecule has 31 heavy (non-hydrogen) atoms. The van der Waals surface area contributed by atoms with Crippen molar-refractivity contribution < 1.29 is 9.53 Å². The highest BCUT2D eigenvalue weighted by Crippen LogP contribution is 2.68. The quantitative estimate of drug-likeness (QED) is 0.357. The molecule has 0 heterocycles. The molecule has 0 unspecified atom stereocenters. The number of allylic oxidation sites excluding steroid dienone is 1. The SMILES string of the molecule is C[C@H](O)[C@H]1CC[C@H]2[C@@H]3CC=C4C[C@@H](O[Si](C)(C)C(C)(C)C)CC[C@]4(C)[C@H]3[C@H](C)C[C@]12C. The van der Waals surface area contributed by atoms with Gasteiger partial charge in [-0.3, -0.25) is 0 Å². The Bertz CT molecular complexity index is 719. The molecule has 3 heteroatoms. The molecule has 4 aliphatic carbocycles. The first-order valence-electron chi connectivity index (χ1n) is 13.3. The van der Waals surface area contributed by atoms with Gasteiger partial charge in [-0.25, -0.2) is 0 Å². The average molecular weight is 447 g/mol. The van der Waals surface area contributed by atoms with Gasteiger partial charge < -0.3 is 9.53 Å². The van der Waals surface area contributed by atoms with E-state index in [4.69, 9.17) is 4.43 Å². The molecule has 0 aromatic rings. The molecule has 3 fully saturated rings. The highest BCUT2D eigenvalue weighted by Gasteiger charge is 2.61. The van der Waals surface area contributed by atoms with Crippen LogP contribution >= 0.6 is 0 Å². The Hall–Kier alpha value is -0.123. The van der Waals surface area contributed by atoms with E-state index in [-0.39, 0.29) is 11.1 Å². The molecule has 4 aliphatic rings. The summed E-state index contributed by atoms with van der Waals surface area (Å²) >= 11 is 0. The molecule has 0 bridgehead atoms. The second-order valence-corrected chi connectivity index (χ2v) is 18.8. The lowest BCUT2D eigenvalue weighted by atomic mass is 9.44. The zero-order valence-electron chi connectivity index (χ0n) is 21.9. The molecule has 0 radical (unpaired) electrons. The lowest BCUT2D eigenvalue weighted by Crippen LogP contribution is -2.55. The first-order chi connectivity index (χ1) is 14.2. The van der Waals surface area contributed by atoms with Crippen LogP contribution in [0.2, 0.25) is 18.1 Å². The first-order valence-corrected chi connectivity index (χ1v) is 16.2. The molecule has 4 rings (SSSR count). The zero-order chi connectivity index (χ0) is 23.0. The Kier molecular flexibility index (Phi) is 5.97. The molecule has 3 saturated carbocycles. The number of hydrogen-bond donors (Lipinski definition) is 1. The summed E-state index contributed by atoms with van der Waals surface area (Å²) < 4.78 is 6.90. The molecule has 9 atom stereocenters. The largest absolute Gasteiger partial charge is 0.414 e. The third kappa shape index (κ3) is 3.73. The standard InChI is InChI=1S/C28H50O2Si/c1-18-17-28(7)23(19(2)29)12-13-24(28)22-11-10-20-16-21(14-15-27(20,6)25(18)22)30-31(8,9)26(3,4)5/h10,18-19,21-25,29H,11-17H2,1-9H3/t18-,19+,21+,22+,23-,24+,25+,27+,28-/m1/s1. The molecule has 2 nitrogen and oxygen atoms in total. The summed E-state index contributed by atoms with van der Waals surface area (Å²) in [6.07, 6.45) is 11.7. The molecular formula is C28H50O2Si. The van der Waals surface area contributed by atoms with Gasteiger partial charge in [-0.15, -0.1) is 0 Å². The van der Waals surface area contributed by atoms with E-state index >= 15 is 0 Å². The van der Waals surface area contributed by atoms with E-state index in [1.54, 1.807) is 5.57 Å². The topological polar surface area (TPSA) is 29.5 Å². The predicted molar refractivity (Wildman–Crippen MR) is 133 cm³/mol. The molecule has 0 spiro atoms. The Morgan fingerprint density at radius 3 is 2.45 bits per heavy atom. The molecule has 0 aromatic carbocycles. The van der Waals surface area contributed by atoms with Gasteiger partial charge in [0.15, 0.2) is 8.32 Å². The molecule has 0 aliphatic heterocycles. The van der Waals surface area contributed by atoms with Gasteiger partial charge in [-0.1, -0.05) is 53.2 Å². The van der Waals surface area contributed by atoms with Crippen LogP contribution in [0, 0.1) is 40.4 Å². The van der Waals surface area contributed by atoms with E-state index in [0.29, 0.717) is 22.9 Å². The van der Waals surface area contributed by atoms with E-state index in [1.807, 2.05) is 6.92 Å². The minimum atomic E-state index is -1.72. The Morgan fingerprint density at radius 2 is 1.84 bits per heavy atom. The monoisotopic (exact) mass is 446 g/mol. The number of aliphatic hydroxyl groups excluding tert-OH is 1. The normalized spacial score (nSPS) is 46.6. The van der Waals surface area contributed by atoms with Crippen molar-refractivity contribution in [2.24, 2.45) is 40.4 Å². The Morgan fingerprint density at radius 1 is 1.16 bits per heavy atom. The predicted octanol–water partition coefficient (Wildman–Crippen LogP) is 7.58. The summed E-state index contributed by atoms with van der Waals surface area (Å²) in [4.78, 5) is 0. The molecule has 0 saturated heterocycles. The van der Waals surface area contributed by atoms with Gasteiger partial charge in [0.05, 0.1) is 6.10 Å². The van der Waals surface area contributed by atoms with Crippen LogP contribution in [0.1, 0.15) is 93.4 Å². The van der Waals surface area contributed by atoms with Crippen molar-refractivity contribution >= 4 is 8.32 Å². The maximum Gasteiger partial charge on any atom is 0.192 e. The van der Waals surface area contributed by atoms with Gasteiger partial charge in [0.2, 0.25) is 0 Å². The molecule has 0 amide bonds.